The quantitative estimate of drug-likeness (QED) is 0.730. The fourth-order valence-electron chi connectivity index (χ4n) is 2.73. The zero-order valence-electron chi connectivity index (χ0n) is 14.4. The number of carbonyl (C=O) groups excluding carboxylic acids is 1. The van der Waals surface area contributed by atoms with Crippen LogP contribution in [0, 0.1) is 6.92 Å². The van der Waals surface area contributed by atoms with E-state index in [-0.39, 0.29) is 6.61 Å². The molecule has 5 heteroatoms. The van der Waals surface area contributed by atoms with Gasteiger partial charge in [-0.25, -0.2) is 4.79 Å². The zero-order valence-corrected chi connectivity index (χ0v) is 14.4. The van der Waals surface area contributed by atoms with E-state index in [0.29, 0.717) is 18.7 Å². The lowest BCUT2D eigenvalue weighted by molar-refractivity contribution is 0.140. The first kappa shape index (κ1) is 16.9. The molecule has 3 aromatic rings. The molecule has 1 amide bonds. The molecule has 0 saturated carbocycles. The molecule has 0 fully saturated rings. The van der Waals surface area contributed by atoms with Gasteiger partial charge in [-0.15, -0.1) is 0 Å². The Morgan fingerprint density at radius 2 is 1.96 bits per heavy atom. The molecule has 2 aromatic carbocycles. The molecule has 3 rings (SSSR count). The van der Waals surface area contributed by atoms with Crippen molar-refractivity contribution in [2.75, 3.05) is 13.7 Å². The summed E-state index contributed by atoms with van der Waals surface area (Å²) in [4.78, 5) is 11.8. The number of ether oxygens (including phenoxy) is 2. The molecule has 0 aliphatic heterocycles. The van der Waals surface area contributed by atoms with Crippen molar-refractivity contribution in [3.8, 4) is 5.75 Å². The topological polar surface area (TPSA) is 60.7 Å². The highest BCUT2D eigenvalue weighted by atomic mass is 16.5. The minimum atomic E-state index is -0.419. The second-order valence-corrected chi connectivity index (χ2v) is 5.77. The number of amides is 1. The number of fused-ring (bicyclic) bond motifs is 1. The van der Waals surface area contributed by atoms with Crippen LogP contribution < -0.4 is 10.1 Å². The summed E-state index contributed by atoms with van der Waals surface area (Å²) >= 11 is 0. The van der Waals surface area contributed by atoms with E-state index in [1.807, 2.05) is 55.5 Å². The van der Waals surface area contributed by atoms with Crippen LogP contribution in [0.3, 0.4) is 0 Å². The van der Waals surface area contributed by atoms with Crippen molar-refractivity contribution in [1.29, 1.82) is 0 Å². The number of methoxy groups -OCH3 is 1. The predicted molar refractivity (Wildman–Crippen MR) is 95.8 cm³/mol. The van der Waals surface area contributed by atoms with Crippen molar-refractivity contribution in [1.82, 2.24) is 5.32 Å². The maximum Gasteiger partial charge on any atom is 0.407 e. The van der Waals surface area contributed by atoms with Crippen molar-refractivity contribution in [3.63, 3.8) is 0 Å². The monoisotopic (exact) mass is 339 g/mol. The van der Waals surface area contributed by atoms with Gasteiger partial charge in [-0.05, 0) is 36.6 Å². The SMILES string of the molecule is COc1ccc(CCNC(=O)OCc2ccccc2)c2cc(C)oc12. The lowest BCUT2D eigenvalue weighted by Gasteiger charge is -2.08. The molecule has 0 atom stereocenters. The third-order valence-corrected chi connectivity index (χ3v) is 3.96. The number of hydrogen-bond donors (Lipinski definition) is 1. The van der Waals surface area contributed by atoms with Crippen molar-refractivity contribution in [2.45, 2.75) is 20.0 Å². The number of furan rings is 1. The summed E-state index contributed by atoms with van der Waals surface area (Å²) < 4.78 is 16.2. The first-order chi connectivity index (χ1) is 12.2. The van der Waals surface area contributed by atoms with Gasteiger partial charge in [0, 0.05) is 11.9 Å². The highest BCUT2D eigenvalue weighted by Gasteiger charge is 2.12. The Balaban J connectivity index is 1.55. The Hall–Kier alpha value is -2.95. The van der Waals surface area contributed by atoms with Crippen LogP contribution >= 0.6 is 0 Å². The van der Waals surface area contributed by atoms with Crippen LogP contribution in [0.5, 0.6) is 5.75 Å². The number of alkyl carbamates (subject to hydrolysis) is 1. The largest absolute Gasteiger partial charge is 0.493 e. The average Bonchev–Trinajstić information content (AvgIpc) is 3.02. The van der Waals surface area contributed by atoms with Crippen LogP contribution in [-0.4, -0.2) is 19.7 Å². The van der Waals surface area contributed by atoms with E-state index in [2.05, 4.69) is 5.32 Å². The van der Waals surface area contributed by atoms with Gasteiger partial charge in [0.05, 0.1) is 7.11 Å². The summed E-state index contributed by atoms with van der Waals surface area (Å²) in [5, 5.41) is 3.79. The molecule has 0 unspecified atom stereocenters. The van der Waals surface area contributed by atoms with Gasteiger partial charge < -0.3 is 19.2 Å². The number of aryl methyl sites for hydroxylation is 1. The van der Waals surface area contributed by atoms with E-state index in [4.69, 9.17) is 13.9 Å². The molecular weight excluding hydrogens is 318 g/mol. The molecule has 1 heterocycles. The van der Waals surface area contributed by atoms with E-state index in [0.717, 1.165) is 27.9 Å². The van der Waals surface area contributed by atoms with Gasteiger partial charge >= 0.3 is 6.09 Å². The van der Waals surface area contributed by atoms with E-state index in [9.17, 15) is 4.79 Å². The van der Waals surface area contributed by atoms with Gasteiger partial charge in [0.1, 0.15) is 12.4 Å². The summed E-state index contributed by atoms with van der Waals surface area (Å²) in [7, 11) is 1.62. The standard InChI is InChI=1S/C20H21NO4/c1-14-12-17-16(8-9-18(23-2)19(17)25-14)10-11-21-20(22)24-13-15-6-4-3-5-7-15/h3-9,12H,10-11,13H2,1-2H3,(H,21,22). The molecule has 0 bridgehead atoms. The Labute approximate surface area is 146 Å². The Bertz CT molecular complexity index is 855. The van der Waals surface area contributed by atoms with Crippen LogP contribution in [0.25, 0.3) is 11.0 Å². The second-order valence-electron chi connectivity index (χ2n) is 5.77. The third kappa shape index (κ3) is 4.12. The number of rotatable bonds is 6. The van der Waals surface area contributed by atoms with Gasteiger partial charge in [0.2, 0.25) is 0 Å². The first-order valence-corrected chi connectivity index (χ1v) is 8.18. The van der Waals surface area contributed by atoms with Crippen molar-refractivity contribution in [3.05, 3.63) is 65.4 Å². The number of hydrogen-bond acceptors (Lipinski definition) is 4. The highest BCUT2D eigenvalue weighted by Crippen LogP contribution is 2.31. The molecule has 1 aromatic heterocycles. The van der Waals surface area contributed by atoms with Crippen LogP contribution in [-0.2, 0) is 17.8 Å². The smallest absolute Gasteiger partial charge is 0.407 e. The molecule has 0 saturated heterocycles. The summed E-state index contributed by atoms with van der Waals surface area (Å²) in [6.07, 6.45) is 0.261. The van der Waals surface area contributed by atoms with E-state index in [1.165, 1.54) is 0 Å². The third-order valence-electron chi connectivity index (χ3n) is 3.96. The number of benzene rings is 2. The maximum absolute atomic E-state index is 11.8. The Morgan fingerprint density at radius 1 is 1.16 bits per heavy atom. The summed E-state index contributed by atoms with van der Waals surface area (Å²) in [5.41, 5.74) is 2.79. The van der Waals surface area contributed by atoms with E-state index in [1.54, 1.807) is 7.11 Å². The molecule has 130 valence electrons. The lowest BCUT2D eigenvalue weighted by atomic mass is 10.1. The van der Waals surface area contributed by atoms with Crippen molar-refractivity contribution >= 4 is 17.1 Å². The van der Waals surface area contributed by atoms with Gasteiger partial charge in [-0.1, -0.05) is 36.4 Å². The highest BCUT2D eigenvalue weighted by molar-refractivity contribution is 5.87. The molecular formula is C20H21NO4. The molecule has 0 aliphatic rings. The van der Waals surface area contributed by atoms with E-state index < -0.39 is 6.09 Å². The second kappa shape index (κ2) is 7.75. The van der Waals surface area contributed by atoms with Crippen molar-refractivity contribution < 1.29 is 18.7 Å². The molecule has 1 N–H and O–H groups in total. The van der Waals surface area contributed by atoms with Gasteiger partial charge in [-0.2, -0.15) is 0 Å². The van der Waals surface area contributed by atoms with Crippen LogP contribution in [0.1, 0.15) is 16.9 Å². The van der Waals surface area contributed by atoms with Gasteiger partial charge in [-0.3, -0.25) is 0 Å². The maximum atomic E-state index is 11.8. The fraction of sp³-hybridized carbons (Fsp3) is 0.250. The predicted octanol–water partition coefficient (Wildman–Crippen LogP) is 4.22. The fourth-order valence-corrected chi connectivity index (χ4v) is 2.73. The average molecular weight is 339 g/mol. The minimum absolute atomic E-state index is 0.264. The molecule has 25 heavy (non-hydrogen) atoms. The Kier molecular flexibility index (Phi) is 5.23. The van der Waals surface area contributed by atoms with E-state index >= 15 is 0 Å². The molecule has 0 spiro atoms. The van der Waals surface area contributed by atoms with Crippen LogP contribution in [0.15, 0.2) is 52.9 Å². The van der Waals surface area contributed by atoms with Crippen LogP contribution in [0.4, 0.5) is 4.79 Å². The normalized spacial score (nSPS) is 10.6. The number of nitrogens with one attached hydrogen (secondary N) is 1. The molecule has 0 aliphatic carbocycles. The van der Waals surface area contributed by atoms with Crippen LogP contribution in [0.2, 0.25) is 0 Å². The minimum Gasteiger partial charge on any atom is -0.493 e. The zero-order chi connectivity index (χ0) is 17.6. The summed E-state index contributed by atoms with van der Waals surface area (Å²) in [6.45, 7) is 2.65. The number of carbonyl (C=O) groups is 1. The summed E-state index contributed by atoms with van der Waals surface area (Å²) in [6, 6.07) is 15.5. The molecule has 5 nitrogen and oxygen atoms in total. The van der Waals surface area contributed by atoms with Gasteiger partial charge in [0.25, 0.3) is 0 Å². The molecule has 0 radical (unpaired) electrons. The first-order valence-electron chi connectivity index (χ1n) is 8.18. The van der Waals surface area contributed by atoms with Crippen molar-refractivity contribution in [2.24, 2.45) is 0 Å². The van der Waals surface area contributed by atoms with Gasteiger partial charge in [0.15, 0.2) is 11.3 Å². The summed E-state index contributed by atoms with van der Waals surface area (Å²) in [5.74, 6) is 1.54. The Morgan fingerprint density at radius 3 is 2.72 bits per heavy atom. The lowest BCUT2D eigenvalue weighted by Crippen LogP contribution is -2.26.